The molecule has 5 heteroatoms. The van der Waals surface area contributed by atoms with Gasteiger partial charge in [-0.15, -0.1) is 0 Å². The van der Waals surface area contributed by atoms with E-state index in [-0.39, 0.29) is 22.4 Å². The molecule has 0 saturated carbocycles. The first-order valence-electron chi connectivity index (χ1n) is 0.908. The van der Waals surface area contributed by atoms with Crippen LogP contribution >= 0.6 is 0 Å². The molecule has 0 aromatic heterocycles. The summed E-state index contributed by atoms with van der Waals surface area (Å²) < 4.78 is 27.2. The van der Waals surface area contributed by atoms with Gasteiger partial charge in [-0.2, -0.15) is 0 Å². The largest absolute Gasteiger partial charge is 1.00 e. The summed E-state index contributed by atoms with van der Waals surface area (Å²) in [6.07, 6.45) is 0.604. The zero-order valence-electron chi connectivity index (χ0n) is 2.93. The van der Waals surface area contributed by atoms with Crippen LogP contribution in [-0.4, -0.2) is 19.2 Å². The van der Waals surface area contributed by atoms with Crippen LogP contribution in [0.1, 0.15) is 0 Å². The molecule has 0 spiro atoms. The molecule has 0 heterocycles. The summed E-state index contributed by atoms with van der Waals surface area (Å²) in [4.78, 5) is 0. The van der Waals surface area contributed by atoms with E-state index in [1.165, 1.54) is 0 Å². The Labute approximate surface area is 52.0 Å². The van der Waals surface area contributed by atoms with Crippen molar-refractivity contribution in [3.63, 3.8) is 0 Å². The molecule has 0 rings (SSSR count). The smallest absolute Gasteiger partial charge is 0.748 e. The minimum atomic E-state index is -3.92. The van der Waals surface area contributed by atoms with Crippen LogP contribution in [0.4, 0.5) is 0 Å². The predicted molar refractivity (Wildman–Crippen MR) is 15.6 cm³/mol. The van der Waals surface area contributed by atoms with Gasteiger partial charge in [-0.3, -0.25) is 0 Å². The molecule has 0 N–H and O–H groups in total. The van der Waals surface area contributed by atoms with E-state index in [0.717, 1.165) is 0 Å². The summed E-state index contributed by atoms with van der Waals surface area (Å²) in [7, 11) is -3.92. The first-order chi connectivity index (χ1) is 2.00. The third kappa shape index (κ3) is 147. The normalized spacial score (nSPS) is 9.67. The first kappa shape index (κ1) is 9.82. The second kappa shape index (κ2) is 2.76. The summed E-state index contributed by atoms with van der Waals surface area (Å²) in [5.41, 5.74) is 0. The van der Waals surface area contributed by atoms with Crippen molar-refractivity contribution in [1.29, 1.82) is 0 Å². The SMILES string of the molecule is CS(=O)(=O)[O-].[Ag+]. The molecule has 0 aromatic rings. The Morgan fingerprint density at radius 1 is 1.50 bits per heavy atom. The molecule has 0 aliphatic heterocycles. The molecule has 0 bridgehead atoms. The maximum Gasteiger partial charge on any atom is 1.00 e. The molecule has 3 nitrogen and oxygen atoms in total. The van der Waals surface area contributed by atoms with Crippen LogP contribution in [0.5, 0.6) is 0 Å². The molecule has 0 atom stereocenters. The Kier molecular flexibility index (Phi) is 4.52. The van der Waals surface area contributed by atoms with E-state index in [1.807, 2.05) is 0 Å². The van der Waals surface area contributed by atoms with Crippen molar-refractivity contribution in [3.05, 3.63) is 0 Å². The molecule has 0 unspecified atom stereocenters. The zero-order valence-corrected chi connectivity index (χ0v) is 5.23. The van der Waals surface area contributed by atoms with Gasteiger partial charge in [0.1, 0.15) is 0 Å². The van der Waals surface area contributed by atoms with Crippen LogP contribution < -0.4 is 0 Å². The summed E-state index contributed by atoms with van der Waals surface area (Å²) in [6, 6.07) is 0. The Hall–Kier alpha value is 0.650. The summed E-state index contributed by atoms with van der Waals surface area (Å²) in [5.74, 6) is 0. The van der Waals surface area contributed by atoms with Gasteiger partial charge in [0.15, 0.2) is 0 Å². The molecule has 6 heavy (non-hydrogen) atoms. The summed E-state index contributed by atoms with van der Waals surface area (Å²) in [6.45, 7) is 0. The summed E-state index contributed by atoms with van der Waals surface area (Å²) in [5, 5.41) is 0. The van der Waals surface area contributed by atoms with E-state index in [1.54, 1.807) is 0 Å². The quantitative estimate of drug-likeness (QED) is 0.381. The van der Waals surface area contributed by atoms with Gasteiger partial charge in [0.2, 0.25) is 0 Å². The Morgan fingerprint density at radius 3 is 1.50 bits per heavy atom. The van der Waals surface area contributed by atoms with E-state index in [4.69, 9.17) is 13.0 Å². The maximum atomic E-state index is 9.08. The van der Waals surface area contributed by atoms with Crippen LogP contribution in [0.3, 0.4) is 0 Å². The fourth-order valence-corrected chi connectivity index (χ4v) is 0. The van der Waals surface area contributed by atoms with E-state index in [0.29, 0.717) is 6.26 Å². The van der Waals surface area contributed by atoms with Crippen LogP contribution in [0, 0.1) is 0 Å². The molecule has 0 aliphatic carbocycles. The molecule has 0 saturated heterocycles. The molecule has 0 amide bonds. The van der Waals surface area contributed by atoms with Gasteiger partial charge in [0.05, 0.1) is 10.1 Å². The average molecular weight is 203 g/mol. The topological polar surface area (TPSA) is 57.2 Å². The molecule has 42 valence electrons. The van der Waals surface area contributed by atoms with Crippen molar-refractivity contribution in [2.45, 2.75) is 0 Å². The maximum absolute atomic E-state index is 9.08. The van der Waals surface area contributed by atoms with E-state index >= 15 is 0 Å². The van der Waals surface area contributed by atoms with Crippen molar-refractivity contribution in [2.75, 3.05) is 6.26 Å². The molecule has 0 aliphatic rings. The van der Waals surface area contributed by atoms with Gasteiger partial charge in [-0.25, -0.2) is 8.42 Å². The fourth-order valence-electron chi connectivity index (χ4n) is 0. The fraction of sp³-hybridized carbons (Fsp3) is 1.00. The van der Waals surface area contributed by atoms with E-state index in [2.05, 4.69) is 0 Å². The Bertz CT molecular complexity index is 94.0. The zero-order chi connectivity index (χ0) is 4.50. The van der Waals surface area contributed by atoms with E-state index < -0.39 is 10.1 Å². The van der Waals surface area contributed by atoms with Crippen LogP contribution in [0.15, 0.2) is 0 Å². The molecule has 0 radical (unpaired) electrons. The van der Waals surface area contributed by atoms with Gasteiger partial charge < -0.3 is 4.55 Å². The number of rotatable bonds is 0. The second-order valence-corrected chi connectivity index (χ2v) is 2.11. The Balaban J connectivity index is 0. The minimum absolute atomic E-state index is 0. The minimum Gasteiger partial charge on any atom is -0.748 e. The van der Waals surface area contributed by atoms with Crippen molar-refractivity contribution in [2.24, 2.45) is 0 Å². The van der Waals surface area contributed by atoms with Crippen LogP contribution in [0.2, 0.25) is 0 Å². The van der Waals surface area contributed by atoms with E-state index in [9.17, 15) is 0 Å². The van der Waals surface area contributed by atoms with Crippen molar-refractivity contribution < 1.29 is 35.4 Å². The molecule has 0 aromatic carbocycles. The number of hydrogen-bond acceptors (Lipinski definition) is 3. The van der Waals surface area contributed by atoms with Crippen molar-refractivity contribution >= 4 is 10.1 Å². The predicted octanol–water partition coefficient (Wildman–Crippen LogP) is -0.841. The van der Waals surface area contributed by atoms with Gasteiger partial charge in [0, 0.05) is 6.26 Å². The molecule has 0 fully saturated rings. The standard InChI is InChI=1S/CH4O3S.Ag/c1-5(2,3)4;/h1H3,(H,2,3,4);/q;+1/p-1. The monoisotopic (exact) mass is 202 g/mol. The molecular formula is CH3AgO3S. The molecular weight excluding hydrogens is 200 g/mol. The van der Waals surface area contributed by atoms with Gasteiger partial charge in [-0.05, 0) is 0 Å². The first-order valence-corrected chi connectivity index (χ1v) is 2.72. The van der Waals surface area contributed by atoms with Crippen LogP contribution in [-0.2, 0) is 32.5 Å². The summed E-state index contributed by atoms with van der Waals surface area (Å²) >= 11 is 0. The third-order valence-corrected chi connectivity index (χ3v) is 0. The number of hydrogen-bond donors (Lipinski definition) is 0. The van der Waals surface area contributed by atoms with Gasteiger partial charge in [-0.1, -0.05) is 0 Å². The third-order valence-electron chi connectivity index (χ3n) is 0. The Morgan fingerprint density at radius 2 is 1.50 bits per heavy atom. The van der Waals surface area contributed by atoms with Gasteiger partial charge in [0.25, 0.3) is 0 Å². The van der Waals surface area contributed by atoms with Crippen molar-refractivity contribution in [1.82, 2.24) is 0 Å². The van der Waals surface area contributed by atoms with Gasteiger partial charge >= 0.3 is 22.4 Å². The van der Waals surface area contributed by atoms with Crippen molar-refractivity contribution in [3.8, 4) is 0 Å². The second-order valence-electron chi connectivity index (χ2n) is 0.704. The van der Waals surface area contributed by atoms with Crippen LogP contribution in [0.25, 0.3) is 0 Å². The average Bonchev–Trinajstić information content (AvgIpc) is 0.722.